The predicted octanol–water partition coefficient (Wildman–Crippen LogP) is 4.96. The Morgan fingerprint density at radius 3 is 2.42 bits per heavy atom. The summed E-state index contributed by atoms with van der Waals surface area (Å²) in [6.45, 7) is 2.95. The third kappa shape index (κ3) is 4.07. The third-order valence-electron chi connectivity index (χ3n) is 4.23. The fourth-order valence-corrected chi connectivity index (χ4v) is 2.88. The van der Waals surface area contributed by atoms with E-state index in [-0.39, 0.29) is 5.91 Å². The molecule has 1 heterocycles. The summed E-state index contributed by atoms with van der Waals surface area (Å²) in [4.78, 5) is 13.8. The highest BCUT2D eigenvalue weighted by Gasteiger charge is 2.30. The van der Waals surface area contributed by atoms with Crippen molar-refractivity contribution >= 4 is 5.91 Å². The van der Waals surface area contributed by atoms with Crippen molar-refractivity contribution in [2.24, 2.45) is 0 Å². The number of carbonyl (C=O) groups excluding carboxylic acids is 1. The molecule has 0 N–H and O–H groups in total. The maximum Gasteiger partial charge on any atom is 0.416 e. The molecule has 6 heteroatoms. The topological polar surface area (TPSA) is 29.5 Å². The second-order valence-corrected chi connectivity index (χ2v) is 6.06. The number of benzene rings is 2. The fraction of sp³-hybridized carbons (Fsp3) is 0.250. The van der Waals surface area contributed by atoms with Crippen LogP contribution in [0.2, 0.25) is 0 Å². The lowest BCUT2D eigenvalue weighted by Gasteiger charge is -2.28. The minimum absolute atomic E-state index is 0.0350. The van der Waals surface area contributed by atoms with Crippen LogP contribution in [0, 0.1) is 0 Å². The predicted molar refractivity (Wildman–Crippen MR) is 91.9 cm³/mol. The number of fused-ring (bicyclic) bond motifs is 1. The highest BCUT2D eigenvalue weighted by Crippen LogP contribution is 2.32. The molecule has 0 radical (unpaired) electrons. The molecular weight excluding hydrogens is 343 g/mol. The number of carbonyl (C=O) groups is 1. The van der Waals surface area contributed by atoms with Gasteiger partial charge in [0, 0.05) is 13.1 Å². The summed E-state index contributed by atoms with van der Waals surface area (Å²) in [5, 5.41) is 0. The van der Waals surface area contributed by atoms with Crippen LogP contribution in [-0.4, -0.2) is 17.4 Å². The van der Waals surface area contributed by atoms with Gasteiger partial charge in [-0.3, -0.25) is 4.79 Å². The van der Waals surface area contributed by atoms with E-state index >= 15 is 0 Å². The molecule has 0 aliphatic carbocycles. The zero-order valence-corrected chi connectivity index (χ0v) is 14.2. The zero-order valence-electron chi connectivity index (χ0n) is 14.2. The number of hydrogen-bond acceptors (Lipinski definition) is 2. The van der Waals surface area contributed by atoms with Crippen molar-refractivity contribution in [1.29, 1.82) is 0 Å². The quantitative estimate of drug-likeness (QED) is 0.724. The van der Waals surface area contributed by atoms with E-state index in [2.05, 4.69) is 0 Å². The lowest BCUT2D eigenvalue weighted by atomic mass is 9.99. The molecule has 0 atom stereocenters. The Hall–Kier alpha value is -2.76. The largest absolute Gasteiger partial charge is 0.457 e. The van der Waals surface area contributed by atoms with Gasteiger partial charge in [-0.25, -0.2) is 0 Å². The van der Waals surface area contributed by atoms with Crippen molar-refractivity contribution < 1.29 is 22.7 Å². The molecule has 0 aromatic heterocycles. The second-order valence-electron chi connectivity index (χ2n) is 6.06. The maximum atomic E-state index is 12.6. The lowest BCUT2D eigenvalue weighted by molar-refractivity contribution is -0.137. The van der Waals surface area contributed by atoms with Gasteiger partial charge in [-0.1, -0.05) is 12.1 Å². The molecule has 2 aromatic carbocycles. The molecule has 0 unspecified atom stereocenters. The molecule has 1 aliphatic rings. The third-order valence-corrected chi connectivity index (χ3v) is 4.23. The van der Waals surface area contributed by atoms with Gasteiger partial charge in [0.25, 0.3) is 0 Å². The maximum absolute atomic E-state index is 12.6. The molecule has 0 bridgehead atoms. The number of amides is 1. The number of allylic oxidation sites excluding steroid dienone is 1. The van der Waals surface area contributed by atoms with Gasteiger partial charge in [-0.15, -0.1) is 0 Å². The summed E-state index contributed by atoms with van der Waals surface area (Å²) in [6, 6.07) is 10.1. The van der Waals surface area contributed by atoms with Crippen LogP contribution in [0.3, 0.4) is 0 Å². The van der Waals surface area contributed by atoms with E-state index in [1.165, 1.54) is 18.2 Å². The summed E-state index contributed by atoms with van der Waals surface area (Å²) < 4.78 is 43.5. The zero-order chi connectivity index (χ0) is 18.7. The van der Waals surface area contributed by atoms with E-state index in [1.54, 1.807) is 24.0 Å². The smallest absolute Gasteiger partial charge is 0.416 e. The van der Waals surface area contributed by atoms with E-state index in [0.29, 0.717) is 24.6 Å². The average Bonchev–Trinajstić information content (AvgIpc) is 2.61. The van der Waals surface area contributed by atoms with Gasteiger partial charge in [0.1, 0.15) is 11.5 Å². The Morgan fingerprint density at radius 2 is 1.77 bits per heavy atom. The molecule has 0 spiro atoms. The SMILES string of the molecule is C/C=C/C(=O)N1CCc2ccc(Oc3ccc(C(F)(F)F)cc3)cc2C1. The number of hydrogen-bond donors (Lipinski definition) is 0. The van der Waals surface area contributed by atoms with Gasteiger partial charge in [-0.05, 0) is 66.9 Å². The number of halogens is 3. The van der Waals surface area contributed by atoms with Crippen molar-refractivity contribution in [3.05, 3.63) is 71.3 Å². The minimum atomic E-state index is -4.37. The summed E-state index contributed by atoms with van der Waals surface area (Å²) in [6.07, 6.45) is -0.359. The second kappa shape index (κ2) is 7.23. The summed E-state index contributed by atoms with van der Waals surface area (Å²) in [7, 11) is 0. The normalized spacial score (nSPS) is 14.4. The highest BCUT2D eigenvalue weighted by atomic mass is 19.4. The number of alkyl halides is 3. The summed E-state index contributed by atoms with van der Waals surface area (Å²) in [5.74, 6) is 0.826. The average molecular weight is 361 g/mol. The Balaban J connectivity index is 1.75. The van der Waals surface area contributed by atoms with E-state index in [0.717, 1.165) is 29.7 Å². The molecular formula is C20H18F3NO2. The Morgan fingerprint density at radius 1 is 1.08 bits per heavy atom. The van der Waals surface area contributed by atoms with Gasteiger partial charge >= 0.3 is 6.18 Å². The van der Waals surface area contributed by atoms with Crippen molar-refractivity contribution in [2.75, 3.05) is 6.54 Å². The van der Waals surface area contributed by atoms with Gasteiger partial charge in [-0.2, -0.15) is 13.2 Å². The highest BCUT2D eigenvalue weighted by molar-refractivity contribution is 5.87. The number of rotatable bonds is 3. The first kappa shape index (κ1) is 18.0. The van der Waals surface area contributed by atoms with Crippen molar-refractivity contribution in [3.63, 3.8) is 0 Å². The molecule has 0 fully saturated rings. The first-order chi connectivity index (χ1) is 12.4. The van der Waals surface area contributed by atoms with Crippen LogP contribution in [0.5, 0.6) is 11.5 Å². The van der Waals surface area contributed by atoms with Crippen LogP contribution in [0.25, 0.3) is 0 Å². The molecule has 26 heavy (non-hydrogen) atoms. The Bertz CT molecular complexity index is 826. The molecule has 136 valence electrons. The van der Waals surface area contributed by atoms with Crippen LogP contribution >= 0.6 is 0 Å². The van der Waals surface area contributed by atoms with E-state index in [1.807, 2.05) is 12.1 Å². The number of ether oxygens (including phenoxy) is 1. The molecule has 3 rings (SSSR count). The van der Waals surface area contributed by atoms with Crippen LogP contribution in [0.1, 0.15) is 23.6 Å². The Kier molecular flexibility index (Phi) is 5.02. The van der Waals surface area contributed by atoms with Gasteiger partial charge < -0.3 is 9.64 Å². The van der Waals surface area contributed by atoms with Gasteiger partial charge in [0.15, 0.2) is 0 Å². The Labute approximate surface area is 149 Å². The molecule has 0 saturated carbocycles. The fourth-order valence-electron chi connectivity index (χ4n) is 2.88. The van der Waals surface area contributed by atoms with Crippen molar-refractivity contribution in [2.45, 2.75) is 26.1 Å². The molecule has 2 aromatic rings. The number of nitrogens with zero attached hydrogens (tertiary/aromatic N) is 1. The minimum Gasteiger partial charge on any atom is -0.457 e. The molecule has 1 amide bonds. The van der Waals surface area contributed by atoms with E-state index < -0.39 is 11.7 Å². The van der Waals surface area contributed by atoms with Crippen molar-refractivity contribution in [1.82, 2.24) is 4.90 Å². The van der Waals surface area contributed by atoms with Crippen molar-refractivity contribution in [3.8, 4) is 11.5 Å². The van der Waals surface area contributed by atoms with Gasteiger partial charge in [0.05, 0.1) is 5.56 Å². The first-order valence-corrected chi connectivity index (χ1v) is 8.25. The van der Waals surface area contributed by atoms with Gasteiger partial charge in [0.2, 0.25) is 5.91 Å². The van der Waals surface area contributed by atoms with Crippen LogP contribution in [0.4, 0.5) is 13.2 Å². The standard InChI is InChI=1S/C20H18F3NO2/c1-2-3-19(25)24-11-10-14-4-7-18(12-15(14)13-24)26-17-8-5-16(6-9-17)20(21,22)23/h2-9,12H,10-11,13H2,1H3/b3-2+. The van der Waals surface area contributed by atoms with Crippen LogP contribution < -0.4 is 4.74 Å². The van der Waals surface area contributed by atoms with E-state index in [9.17, 15) is 18.0 Å². The van der Waals surface area contributed by atoms with E-state index in [4.69, 9.17) is 4.74 Å². The first-order valence-electron chi connectivity index (χ1n) is 8.25. The van der Waals surface area contributed by atoms with Crippen LogP contribution in [0.15, 0.2) is 54.6 Å². The molecule has 3 nitrogen and oxygen atoms in total. The lowest BCUT2D eigenvalue weighted by Crippen LogP contribution is -2.34. The molecule has 1 aliphatic heterocycles. The van der Waals surface area contributed by atoms with Crippen LogP contribution in [-0.2, 0) is 23.9 Å². The molecule has 0 saturated heterocycles. The summed E-state index contributed by atoms with van der Waals surface area (Å²) in [5.41, 5.74) is 1.42. The summed E-state index contributed by atoms with van der Waals surface area (Å²) >= 11 is 0. The monoisotopic (exact) mass is 361 g/mol.